The van der Waals surface area contributed by atoms with E-state index < -0.39 is 12.6 Å². The molecule has 0 saturated carbocycles. The van der Waals surface area contributed by atoms with E-state index in [9.17, 15) is 5.11 Å². The predicted molar refractivity (Wildman–Crippen MR) is 63.0 cm³/mol. The van der Waals surface area contributed by atoms with Gasteiger partial charge in [0.05, 0.1) is 12.7 Å². The Bertz CT molecular complexity index is 217. The van der Waals surface area contributed by atoms with Gasteiger partial charge in [-0.25, -0.2) is 0 Å². The quantitative estimate of drug-likeness (QED) is 0.593. The number of ether oxygens (including phenoxy) is 3. The molecule has 5 heteroatoms. The standard InChI is InChI=1S/C12H23NO4/c1-4-5-10(6-7-13)9-17-12(16-3)8-11(14)15-2/h10-12,14H,4-6,8-9H2,1-3H3. The van der Waals surface area contributed by atoms with Crippen molar-refractivity contribution in [2.24, 2.45) is 5.92 Å². The summed E-state index contributed by atoms with van der Waals surface area (Å²) in [6.07, 6.45) is 1.34. The van der Waals surface area contributed by atoms with Gasteiger partial charge in [0.25, 0.3) is 0 Å². The Hall–Kier alpha value is -0.670. The van der Waals surface area contributed by atoms with Crippen LogP contribution in [0, 0.1) is 17.2 Å². The number of aliphatic hydroxyl groups excluding tert-OH is 1. The third-order valence-electron chi connectivity index (χ3n) is 2.52. The van der Waals surface area contributed by atoms with Crippen LogP contribution in [0.5, 0.6) is 0 Å². The van der Waals surface area contributed by atoms with Crippen molar-refractivity contribution >= 4 is 0 Å². The first-order valence-electron chi connectivity index (χ1n) is 5.90. The number of hydrogen-bond donors (Lipinski definition) is 1. The van der Waals surface area contributed by atoms with Crippen molar-refractivity contribution in [2.75, 3.05) is 20.8 Å². The highest BCUT2D eigenvalue weighted by Crippen LogP contribution is 2.14. The van der Waals surface area contributed by atoms with Gasteiger partial charge in [-0.15, -0.1) is 0 Å². The van der Waals surface area contributed by atoms with Gasteiger partial charge in [-0.1, -0.05) is 13.3 Å². The number of aliphatic hydroxyl groups is 1. The average molecular weight is 245 g/mol. The molecule has 17 heavy (non-hydrogen) atoms. The zero-order valence-electron chi connectivity index (χ0n) is 10.9. The molecular formula is C12H23NO4. The molecule has 100 valence electrons. The van der Waals surface area contributed by atoms with Crippen molar-refractivity contribution in [3.05, 3.63) is 0 Å². The van der Waals surface area contributed by atoms with E-state index in [4.69, 9.17) is 19.5 Å². The molecule has 0 heterocycles. The predicted octanol–water partition coefficient (Wildman–Crippen LogP) is 1.66. The van der Waals surface area contributed by atoms with E-state index in [1.54, 1.807) is 0 Å². The summed E-state index contributed by atoms with van der Waals surface area (Å²) in [5.41, 5.74) is 0. The van der Waals surface area contributed by atoms with Gasteiger partial charge in [0.2, 0.25) is 0 Å². The summed E-state index contributed by atoms with van der Waals surface area (Å²) in [4.78, 5) is 0. The van der Waals surface area contributed by atoms with Gasteiger partial charge in [0, 0.05) is 27.1 Å². The lowest BCUT2D eigenvalue weighted by atomic mass is 10.0. The normalized spacial score (nSPS) is 16.2. The second kappa shape index (κ2) is 10.5. The first-order chi connectivity index (χ1) is 8.17. The SMILES string of the molecule is CCCC(CC#N)COC(CC(O)OC)OC. The van der Waals surface area contributed by atoms with Crippen LogP contribution >= 0.6 is 0 Å². The fourth-order valence-corrected chi connectivity index (χ4v) is 1.52. The molecule has 0 aliphatic carbocycles. The van der Waals surface area contributed by atoms with Gasteiger partial charge in [0.15, 0.2) is 12.6 Å². The second-order valence-electron chi connectivity index (χ2n) is 3.94. The van der Waals surface area contributed by atoms with Crippen molar-refractivity contribution < 1.29 is 19.3 Å². The van der Waals surface area contributed by atoms with Crippen LogP contribution in [0.3, 0.4) is 0 Å². The van der Waals surface area contributed by atoms with Crippen LogP contribution in [0.25, 0.3) is 0 Å². The minimum absolute atomic E-state index is 0.224. The Balaban J connectivity index is 3.97. The molecule has 0 bridgehead atoms. The minimum Gasteiger partial charge on any atom is -0.368 e. The molecule has 5 nitrogen and oxygen atoms in total. The Morgan fingerprint density at radius 3 is 2.47 bits per heavy atom. The summed E-state index contributed by atoms with van der Waals surface area (Å²) in [5.74, 6) is 0.224. The number of hydrogen-bond acceptors (Lipinski definition) is 5. The smallest absolute Gasteiger partial charge is 0.162 e. The zero-order chi connectivity index (χ0) is 13.1. The molecule has 0 spiro atoms. The molecule has 0 aliphatic rings. The maximum absolute atomic E-state index is 9.30. The van der Waals surface area contributed by atoms with Gasteiger partial charge in [0.1, 0.15) is 0 Å². The molecule has 0 rings (SSSR count). The van der Waals surface area contributed by atoms with Gasteiger partial charge < -0.3 is 19.3 Å². The molecule has 1 N–H and O–H groups in total. The molecule has 0 radical (unpaired) electrons. The number of rotatable bonds is 10. The van der Waals surface area contributed by atoms with E-state index in [1.807, 2.05) is 0 Å². The van der Waals surface area contributed by atoms with Crippen LogP contribution in [0.15, 0.2) is 0 Å². The molecule has 0 saturated heterocycles. The molecule has 3 atom stereocenters. The first-order valence-corrected chi connectivity index (χ1v) is 5.90. The number of nitrogens with zero attached hydrogens (tertiary/aromatic N) is 1. The highest BCUT2D eigenvalue weighted by Gasteiger charge is 2.16. The van der Waals surface area contributed by atoms with Crippen LogP contribution in [-0.4, -0.2) is 38.5 Å². The maximum Gasteiger partial charge on any atom is 0.162 e. The summed E-state index contributed by atoms with van der Waals surface area (Å²) >= 11 is 0. The molecule has 0 aliphatic heterocycles. The van der Waals surface area contributed by atoms with Crippen LogP contribution in [0.1, 0.15) is 32.6 Å². The second-order valence-corrected chi connectivity index (χ2v) is 3.94. The average Bonchev–Trinajstić information content (AvgIpc) is 2.34. The van der Waals surface area contributed by atoms with E-state index in [2.05, 4.69) is 13.0 Å². The topological polar surface area (TPSA) is 71.7 Å². The lowest BCUT2D eigenvalue weighted by Gasteiger charge is -2.21. The van der Waals surface area contributed by atoms with Crippen LogP contribution in [-0.2, 0) is 14.2 Å². The van der Waals surface area contributed by atoms with E-state index >= 15 is 0 Å². The minimum atomic E-state index is -0.888. The first kappa shape index (κ1) is 16.3. The van der Waals surface area contributed by atoms with E-state index in [0.717, 1.165) is 12.8 Å². The fraction of sp³-hybridized carbons (Fsp3) is 0.917. The lowest BCUT2D eigenvalue weighted by molar-refractivity contribution is -0.184. The Labute approximate surface area is 103 Å². The third-order valence-corrected chi connectivity index (χ3v) is 2.52. The van der Waals surface area contributed by atoms with Gasteiger partial charge in [-0.05, 0) is 12.3 Å². The molecule has 0 amide bonds. The van der Waals surface area contributed by atoms with Gasteiger partial charge in [-0.3, -0.25) is 0 Å². The summed E-state index contributed by atoms with van der Waals surface area (Å²) in [5, 5.41) is 18.0. The Kier molecular flexibility index (Phi) is 10.1. The van der Waals surface area contributed by atoms with Gasteiger partial charge in [-0.2, -0.15) is 5.26 Å². The summed E-state index contributed by atoms with van der Waals surface area (Å²) < 4.78 is 15.3. The van der Waals surface area contributed by atoms with Crippen molar-refractivity contribution in [1.82, 2.24) is 0 Å². The highest BCUT2D eigenvalue weighted by atomic mass is 16.7. The van der Waals surface area contributed by atoms with Crippen LogP contribution in [0.2, 0.25) is 0 Å². The number of methoxy groups -OCH3 is 2. The van der Waals surface area contributed by atoms with Crippen LogP contribution < -0.4 is 0 Å². The molecule has 3 unspecified atom stereocenters. The number of nitriles is 1. The Morgan fingerprint density at radius 1 is 1.29 bits per heavy atom. The molecule has 0 aromatic carbocycles. The van der Waals surface area contributed by atoms with Crippen molar-refractivity contribution in [3.8, 4) is 6.07 Å². The van der Waals surface area contributed by atoms with E-state index in [1.165, 1.54) is 14.2 Å². The molecular weight excluding hydrogens is 222 g/mol. The molecule has 0 aromatic heterocycles. The summed E-state index contributed by atoms with van der Waals surface area (Å²) in [6.45, 7) is 2.54. The molecule has 0 fully saturated rings. The molecule has 0 aromatic rings. The van der Waals surface area contributed by atoms with Crippen molar-refractivity contribution in [2.45, 2.75) is 45.2 Å². The van der Waals surface area contributed by atoms with Crippen molar-refractivity contribution in [1.29, 1.82) is 5.26 Å². The lowest BCUT2D eigenvalue weighted by Crippen LogP contribution is -2.26. The van der Waals surface area contributed by atoms with Crippen LogP contribution in [0.4, 0.5) is 0 Å². The zero-order valence-corrected chi connectivity index (χ0v) is 10.9. The third kappa shape index (κ3) is 8.11. The fourth-order valence-electron chi connectivity index (χ4n) is 1.52. The van der Waals surface area contributed by atoms with E-state index in [0.29, 0.717) is 13.0 Å². The monoisotopic (exact) mass is 245 g/mol. The van der Waals surface area contributed by atoms with Gasteiger partial charge >= 0.3 is 0 Å². The van der Waals surface area contributed by atoms with E-state index in [-0.39, 0.29) is 12.3 Å². The Morgan fingerprint density at radius 2 is 2.00 bits per heavy atom. The van der Waals surface area contributed by atoms with Crippen molar-refractivity contribution in [3.63, 3.8) is 0 Å². The largest absolute Gasteiger partial charge is 0.368 e. The maximum atomic E-state index is 9.30. The highest BCUT2D eigenvalue weighted by molar-refractivity contribution is 4.75. The summed E-state index contributed by atoms with van der Waals surface area (Å²) in [6, 6.07) is 2.15. The summed E-state index contributed by atoms with van der Waals surface area (Å²) in [7, 11) is 2.94.